The van der Waals surface area contributed by atoms with Crippen LogP contribution in [0, 0.1) is 0 Å². The van der Waals surface area contributed by atoms with Gasteiger partial charge in [0.15, 0.2) is 0 Å². The standard InChI is InChI=1S/C16H16O4/c17-15-11-5-1-3-7-13(11)19-9-10-20-14-8-4-2-6-12(14)16(15)18/h1-8,15-18H,9-10H2/t15-,16-/m0/s1. The highest BCUT2D eigenvalue weighted by molar-refractivity contribution is 5.41. The van der Waals surface area contributed by atoms with E-state index in [0.29, 0.717) is 35.8 Å². The molecule has 2 N–H and O–H groups in total. The van der Waals surface area contributed by atoms with E-state index in [1.54, 1.807) is 24.3 Å². The number of hydrogen-bond donors (Lipinski definition) is 2. The SMILES string of the molecule is O[C@H]1c2ccccc2OCCOc2ccccc2[C@@H]1O. The molecule has 0 unspecified atom stereocenters. The third kappa shape index (κ3) is 2.35. The summed E-state index contributed by atoms with van der Waals surface area (Å²) in [7, 11) is 0. The molecular formula is C16H16O4. The fourth-order valence-corrected chi connectivity index (χ4v) is 2.36. The van der Waals surface area contributed by atoms with Crippen molar-refractivity contribution in [3.05, 3.63) is 59.7 Å². The molecule has 1 aliphatic heterocycles. The number of rotatable bonds is 0. The summed E-state index contributed by atoms with van der Waals surface area (Å²) in [6.45, 7) is 0.766. The highest BCUT2D eigenvalue weighted by Gasteiger charge is 2.26. The molecule has 4 heteroatoms. The van der Waals surface area contributed by atoms with E-state index in [9.17, 15) is 10.2 Å². The predicted molar refractivity (Wildman–Crippen MR) is 73.8 cm³/mol. The summed E-state index contributed by atoms with van der Waals surface area (Å²) in [4.78, 5) is 0. The van der Waals surface area contributed by atoms with Crippen molar-refractivity contribution < 1.29 is 19.7 Å². The van der Waals surface area contributed by atoms with Gasteiger partial charge in [0.1, 0.15) is 36.9 Å². The van der Waals surface area contributed by atoms with Gasteiger partial charge in [-0.25, -0.2) is 0 Å². The minimum Gasteiger partial charge on any atom is -0.490 e. The summed E-state index contributed by atoms with van der Waals surface area (Å²) >= 11 is 0. The van der Waals surface area contributed by atoms with Gasteiger partial charge in [-0.05, 0) is 12.1 Å². The van der Waals surface area contributed by atoms with E-state index in [0.717, 1.165) is 0 Å². The molecule has 20 heavy (non-hydrogen) atoms. The zero-order valence-corrected chi connectivity index (χ0v) is 10.9. The van der Waals surface area contributed by atoms with E-state index in [2.05, 4.69) is 0 Å². The van der Waals surface area contributed by atoms with Gasteiger partial charge in [0, 0.05) is 11.1 Å². The molecule has 0 radical (unpaired) electrons. The van der Waals surface area contributed by atoms with Crippen molar-refractivity contribution in [2.24, 2.45) is 0 Å². The van der Waals surface area contributed by atoms with Crippen LogP contribution in [0.15, 0.2) is 48.5 Å². The van der Waals surface area contributed by atoms with Crippen LogP contribution >= 0.6 is 0 Å². The van der Waals surface area contributed by atoms with E-state index in [1.807, 2.05) is 24.3 Å². The monoisotopic (exact) mass is 272 g/mol. The molecule has 0 saturated carbocycles. The molecule has 1 aliphatic rings. The first kappa shape index (κ1) is 13.0. The molecule has 3 rings (SSSR count). The van der Waals surface area contributed by atoms with Crippen molar-refractivity contribution in [1.29, 1.82) is 0 Å². The first-order chi connectivity index (χ1) is 9.77. The van der Waals surface area contributed by atoms with Crippen LogP contribution in [0.2, 0.25) is 0 Å². The smallest absolute Gasteiger partial charge is 0.125 e. The molecule has 2 aromatic rings. The van der Waals surface area contributed by atoms with Crippen LogP contribution in [-0.4, -0.2) is 23.4 Å². The zero-order chi connectivity index (χ0) is 13.9. The van der Waals surface area contributed by atoms with Gasteiger partial charge in [0.25, 0.3) is 0 Å². The number of aliphatic hydroxyl groups is 2. The van der Waals surface area contributed by atoms with Crippen molar-refractivity contribution >= 4 is 0 Å². The Morgan fingerprint density at radius 2 is 1.10 bits per heavy atom. The van der Waals surface area contributed by atoms with E-state index in [-0.39, 0.29) is 0 Å². The molecule has 0 bridgehead atoms. The lowest BCUT2D eigenvalue weighted by molar-refractivity contribution is 0.0119. The average Bonchev–Trinajstić information content (AvgIpc) is 2.50. The maximum Gasteiger partial charge on any atom is 0.125 e. The first-order valence-corrected chi connectivity index (χ1v) is 6.57. The Morgan fingerprint density at radius 1 is 0.700 bits per heavy atom. The number of hydrogen-bond acceptors (Lipinski definition) is 4. The fraction of sp³-hybridized carbons (Fsp3) is 0.250. The topological polar surface area (TPSA) is 58.9 Å². The molecular weight excluding hydrogens is 256 g/mol. The van der Waals surface area contributed by atoms with Gasteiger partial charge < -0.3 is 19.7 Å². The van der Waals surface area contributed by atoms with Crippen LogP contribution in [0.1, 0.15) is 23.3 Å². The zero-order valence-electron chi connectivity index (χ0n) is 10.9. The lowest BCUT2D eigenvalue weighted by Gasteiger charge is -2.24. The van der Waals surface area contributed by atoms with Crippen molar-refractivity contribution in [3.8, 4) is 11.5 Å². The number of ether oxygens (including phenoxy) is 2. The van der Waals surface area contributed by atoms with Gasteiger partial charge >= 0.3 is 0 Å². The molecule has 0 saturated heterocycles. The van der Waals surface area contributed by atoms with E-state index in [1.165, 1.54) is 0 Å². The average molecular weight is 272 g/mol. The first-order valence-electron chi connectivity index (χ1n) is 6.57. The molecule has 4 nitrogen and oxygen atoms in total. The Kier molecular flexibility index (Phi) is 3.58. The third-order valence-corrected chi connectivity index (χ3v) is 3.37. The Bertz CT molecular complexity index is 543. The van der Waals surface area contributed by atoms with Crippen molar-refractivity contribution in [2.45, 2.75) is 12.2 Å². The molecule has 104 valence electrons. The van der Waals surface area contributed by atoms with Crippen LogP contribution < -0.4 is 9.47 Å². The molecule has 2 atom stereocenters. The second kappa shape index (κ2) is 5.53. The molecule has 0 aliphatic carbocycles. The highest BCUT2D eigenvalue weighted by Crippen LogP contribution is 2.38. The largest absolute Gasteiger partial charge is 0.490 e. The number of benzene rings is 2. The lowest BCUT2D eigenvalue weighted by atomic mass is 9.97. The summed E-state index contributed by atoms with van der Waals surface area (Å²) in [6, 6.07) is 14.4. The van der Waals surface area contributed by atoms with Gasteiger partial charge in [-0.15, -0.1) is 0 Å². The van der Waals surface area contributed by atoms with Crippen LogP contribution in [0.3, 0.4) is 0 Å². The number of fused-ring (bicyclic) bond motifs is 2. The lowest BCUT2D eigenvalue weighted by Crippen LogP contribution is -2.18. The normalized spacial score (nSPS) is 21.9. The van der Waals surface area contributed by atoms with E-state index >= 15 is 0 Å². The second-order valence-electron chi connectivity index (χ2n) is 4.66. The highest BCUT2D eigenvalue weighted by atomic mass is 16.5. The molecule has 0 spiro atoms. The van der Waals surface area contributed by atoms with Gasteiger partial charge in [0.05, 0.1) is 0 Å². The summed E-state index contributed by atoms with van der Waals surface area (Å²) in [5, 5.41) is 20.8. The summed E-state index contributed by atoms with van der Waals surface area (Å²) < 4.78 is 11.2. The van der Waals surface area contributed by atoms with Gasteiger partial charge in [-0.3, -0.25) is 0 Å². The van der Waals surface area contributed by atoms with Crippen LogP contribution in [0.5, 0.6) is 11.5 Å². The molecule has 0 fully saturated rings. The minimum absolute atomic E-state index is 0.383. The van der Waals surface area contributed by atoms with Gasteiger partial charge in [0.2, 0.25) is 0 Å². The van der Waals surface area contributed by atoms with Crippen LogP contribution in [0.4, 0.5) is 0 Å². The summed E-state index contributed by atoms with van der Waals surface area (Å²) in [5.41, 5.74) is 1.16. The quantitative estimate of drug-likeness (QED) is 0.772. The Labute approximate surface area is 117 Å². The Morgan fingerprint density at radius 3 is 1.55 bits per heavy atom. The molecule has 2 aromatic carbocycles. The fourth-order valence-electron chi connectivity index (χ4n) is 2.36. The summed E-state index contributed by atoms with van der Waals surface area (Å²) in [5.74, 6) is 1.14. The number of para-hydroxylation sites is 2. The van der Waals surface area contributed by atoms with Crippen molar-refractivity contribution in [2.75, 3.05) is 13.2 Å². The Balaban J connectivity index is 2.05. The van der Waals surface area contributed by atoms with Crippen LogP contribution in [-0.2, 0) is 0 Å². The number of aliphatic hydroxyl groups excluding tert-OH is 2. The maximum atomic E-state index is 10.4. The molecule has 1 heterocycles. The Hall–Kier alpha value is -2.04. The van der Waals surface area contributed by atoms with Crippen molar-refractivity contribution in [1.82, 2.24) is 0 Å². The predicted octanol–water partition coefficient (Wildman–Crippen LogP) is 2.22. The maximum absolute atomic E-state index is 10.4. The van der Waals surface area contributed by atoms with E-state index < -0.39 is 12.2 Å². The second-order valence-corrected chi connectivity index (χ2v) is 4.66. The van der Waals surface area contributed by atoms with Crippen molar-refractivity contribution in [3.63, 3.8) is 0 Å². The van der Waals surface area contributed by atoms with Gasteiger partial charge in [-0.2, -0.15) is 0 Å². The van der Waals surface area contributed by atoms with Gasteiger partial charge in [-0.1, -0.05) is 36.4 Å². The van der Waals surface area contributed by atoms with Crippen LogP contribution in [0.25, 0.3) is 0 Å². The third-order valence-electron chi connectivity index (χ3n) is 3.37. The summed E-state index contributed by atoms with van der Waals surface area (Å²) in [6.07, 6.45) is -2.12. The minimum atomic E-state index is -1.06. The van der Waals surface area contributed by atoms with E-state index in [4.69, 9.17) is 9.47 Å². The molecule has 0 amide bonds. The molecule has 0 aromatic heterocycles.